The van der Waals surface area contributed by atoms with E-state index in [1.807, 2.05) is 30.3 Å². The van der Waals surface area contributed by atoms with Crippen LogP contribution in [0.5, 0.6) is 0 Å². The summed E-state index contributed by atoms with van der Waals surface area (Å²) in [5.41, 5.74) is 0.677. The summed E-state index contributed by atoms with van der Waals surface area (Å²) < 4.78 is 4.25. The second-order valence-electron chi connectivity index (χ2n) is 8.24. The first-order valence-electron chi connectivity index (χ1n) is 11.5. The van der Waals surface area contributed by atoms with Crippen molar-refractivity contribution in [2.75, 3.05) is 14.2 Å². The van der Waals surface area contributed by atoms with Crippen molar-refractivity contribution in [1.29, 1.82) is 0 Å². The van der Waals surface area contributed by atoms with Crippen molar-refractivity contribution in [3.05, 3.63) is 108 Å². The Balaban J connectivity index is 0.000000216. The minimum atomic E-state index is -1.10. The zero-order chi connectivity index (χ0) is 24.8. The van der Waals surface area contributed by atoms with E-state index in [4.69, 9.17) is 0 Å². The van der Waals surface area contributed by atoms with E-state index in [-0.39, 0.29) is 11.6 Å². The predicted molar refractivity (Wildman–Crippen MR) is 134 cm³/mol. The van der Waals surface area contributed by atoms with Crippen molar-refractivity contribution in [2.45, 2.75) is 43.8 Å². The number of benzene rings is 3. The molecule has 1 saturated carbocycles. The third-order valence-corrected chi connectivity index (χ3v) is 5.56. The summed E-state index contributed by atoms with van der Waals surface area (Å²) in [6, 6.07) is 26.8. The average Bonchev–Trinajstić information content (AvgIpc) is 2.90. The molecule has 180 valence electrons. The Morgan fingerprint density at radius 1 is 0.735 bits per heavy atom. The number of hydrogen-bond donors (Lipinski definition) is 2. The topological polar surface area (TPSA) is 83.8 Å². The normalized spacial score (nSPS) is 14.9. The fourth-order valence-corrected chi connectivity index (χ4v) is 3.77. The lowest BCUT2D eigenvalue weighted by Gasteiger charge is -2.30. The number of rotatable bonds is 5. The minimum absolute atomic E-state index is 0.109. The Morgan fingerprint density at radius 2 is 1.15 bits per heavy atom. The summed E-state index contributed by atoms with van der Waals surface area (Å²) in [5.74, 6) is -0.380. The number of Topliss-reactive ketones (excluding diaryl/α,β-unsaturated/α-hetero) is 2. The van der Waals surface area contributed by atoms with Gasteiger partial charge in [0.05, 0.1) is 0 Å². The number of ether oxygens (including phenoxy) is 1. The summed E-state index contributed by atoms with van der Waals surface area (Å²) in [6.45, 7) is 0. The van der Waals surface area contributed by atoms with Crippen molar-refractivity contribution in [3.63, 3.8) is 0 Å². The van der Waals surface area contributed by atoms with Crippen LogP contribution in [0.25, 0.3) is 0 Å². The number of aliphatic hydroxyl groups is 2. The molecule has 0 radical (unpaired) electrons. The first-order chi connectivity index (χ1) is 16.4. The van der Waals surface area contributed by atoms with E-state index in [0.717, 1.165) is 19.3 Å². The number of aliphatic hydroxyl groups excluding tert-OH is 1. The lowest BCUT2D eigenvalue weighted by Crippen LogP contribution is -2.40. The van der Waals surface area contributed by atoms with E-state index in [1.165, 1.54) is 0 Å². The molecule has 1 fully saturated rings. The molecule has 0 heterocycles. The van der Waals surface area contributed by atoms with Crippen LogP contribution in [-0.2, 0) is 4.74 Å². The second-order valence-corrected chi connectivity index (χ2v) is 8.24. The monoisotopic (exact) mass is 462 g/mol. The highest BCUT2D eigenvalue weighted by molar-refractivity contribution is 6.02. The average molecular weight is 463 g/mol. The Bertz CT molecular complexity index is 981. The highest BCUT2D eigenvalue weighted by Gasteiger charge is 2.37. The van der Waals surface area contributed by atoms with Crippen LogP contribution in [0.2, 0.25) is 0 Å². The molecule has 0 spiro atoms. The molecule has 34 heavy (non-hydrogen) atoms. The zero-order valence-electron chi connectivity index (χ0n) is 19.9. The standard InChI is InChI=1S/C14H12O2.C13H16O2.C2H6O/c15-13(11-7-3-1-4-8-11)14(16)12-9-5-2-6-10-12;14-12(11-7-3-1-4-8-11)13(15)9-5-2-6-10-13;1-3-2/h1-10,13,15H;1,3-4,7-8,15H,2,5-6,9-10H2;1-2H3. The maximum absolute atomic E-state index is 12.1. The molecule has 3 aromatic carbocycles. The Hall–Kier alpha value is -3.12. The van der Waals surface area contributed by atoms with Gasteiger partial charge in [0.1, 0.15) is 11.7 Å². The van der Waals surface area contributed by atoms with Crippen molar-refractivity contribution in [3.8, 4) is 0 Å². The lowest BCUT2D eigenvalue weighted by atomic mass is 9.79. The predicted octanol–water partition coefficient (Wildman–Crippen LogP) is 5.43. The van der Waals surface area contributed by atoms with Crippen LogP contribution in [0.3, 0.4) is 0 Å². The van der Waals surface area contributed by atoms with Gasteiger partial charge in [-0.25, -0.2) is 0 Å². The maximum atomic E-state index is 12.1. The number of ketones is 2. The number of methoxy groups -OCH3 is 1. The third-order valence-electron chi connectivity index (χ3n) is 5.56. The van der Waals surface area contributed by atoms with Gasteiger partial charge in [-0.2, -0.15) is 0 Å². The van der Waals surface area contributed by atoms with E-state index >= 15 is 0 Å². The van der Waals surface area contributed by atoms with Gasteiger partial charge in [-0.1, -0.05) is 110 Å². The maximum Gasteiger partial charge on any atom is 0.195 e. The molecule has 1 aliphatic rings. The van der Waals surface area contributed by atoms with Gasteiger partial charge in [-0.3, -0.25) is 9.59 Å². The Labute approximate surface area is 202 Å². The van der Waals surface area contributed by atoms with Crippen LogP contribution >= 0.6 is 0 Å². The van der Waals surface area contributed by atoms with Gasteiger partial charge in [0.25, 0.3) is 0 Å². The molecule has 5 nitrogen and oxygen atoms in total. The van der Waals surface area contributed by atoms with Crippen molar-refractivity contribution >= 4 is 11.6 Å². The molecular formula is C29H34O5. The largest absolute Gasteiger partial charge is 0.388 e. The fraction of sp³-hybridized carbons (Fsp3) is 0.310. The van der Waals surface area contributed by atoms with Crippen LogP contribution < -0.4 is 0 Å². The Morgan fingerprint density at radius 3 is 1.62 bits per heavy atom. The molecule has 1 unspecified atom stereocenters. The van der Waals surface area contributed by atoms with Gasteiger partial charge in [-0.15, -0.1) is 0 Å². The van der Waals surface area contributed by atoms with E-state index < -0.39 is 11.7 Å². The molecule has 0 aliphatic heterocycles. The molecular weight excluding hydrogens is 428 g/mol. The van der Waals surface area contributed by atoms with E-state index in [9.17, 15) is 19.8 Å². The molecule has 5 heteroatoms. The molecule has 0 amide bonds. The van der Waals surface area contributed by atoms with Crippen molar-refractivity contribution in [2.24, 2.45) is 0 Å². The summed E-state index contributed by atoms with van der Waals surface area (Å²) in [6.07, 6.45) is 3.18. The highest BCUT2D eigenvalue weighted by atomic mass is 16.4. The van der Waals surface area contributed by atoms with Crippen LogP contribution in [0.4, 0.5) is 0 Å². The van der Waals surface area contributed by atoms with Crippen LogP contribution in [0.15, 0.2) is 91.0 Å². The molecule has 2 N–H and O–H groups in total. The summed E-state index contributed by atoms with van der Waals surface area (Å²) >= 11 is 0. The molecule has 4 rings (SSSR count). The van der Waals surface area contributed by atoms with Gasteiger partial charge in [0.2, 0.25) is 0 Å². The highest BCUT2D eigenvalue weighted by Crippen LogP contribution is 2.31. The van der Waals surface area contributed by atoms with Gasteiger partial charge >= 0.3 is 0 Å². The van der Waals surface area contributed by atoms with Gasteiger partial charge < -0.3 is 14.9 Å². The lowest BCUT2D eigenvalue weighted by molar-refractivity contribution is 0.0116. The molecule has 0 saturated heterocycles. The molecule has 1 atom stereocenters. The number of carbonyl (C=O) groups is 2. The van der Waals surface area contributed by atoms with Crippen LogP contribution in [-0.4, -0.2) is 41.6 Å². The minimum Gasteiger partial charge on any atom is -0.388 e. The summed E-state index contributed by atoms with van der Waals surface area (Å²) in [5, 5.41) is 20.1. The third kappa shape index (κ3) is 8.03. The zero-order valence-corrected chi connectivity index (χ0v) is 19.9. The number of hydrogen-bond acceptors (Lipinski definition) is 5. The SMILES string of the molecule is COC.O=C(c1ccccc1)C(O)c1ccccc1.O=C(c1ccccc1)C1(O)CCCCC1. The second kappa shape index (κ2) is 14.2. The van der Waals surface area contributed by atoms with Gasteiger partial charge in [0.15, 0.2) is 11.6 Å². The Kier molecular flexibility index (Phi) is 11.3. The van der Waals surface area contributed by atoms with Crippen molar-refractivity contribution < 1.29 is 24.5 Å². The quantitative estimate of drug-likeness (QED) is 0.494. The van der Waals surface area contributed by atoms with Crippen LogP contribution in [0.1, 0.15) is 64.5 Å². The smallest absolute Gasteiger partial charge is 0.195 e. The van der Waals surface area contributed by atoms with Gasteiger partial charge in [0, 0.05) is 25.3 Å². The van der Waals surface area contributed by atoms with E-state index in [1.54, 1.807) is 74.9 Å². The molecule has 1 aliphatic carbocycles. The van der Waals surface area contributed by atoms with Crippen molar-refractivity contribution in [1.82, 2.24) is 0 Å². The summed E-state index contributed by atoms with van der Waals surface area (Å²) in [4.78, 5) is 24.0. The first kappa shape index (κ1) is 27.1. The molecule has 3 aromatic rings. The van der Waals surface area contributed by atoms with Gasteiger partial charge in [-0.05, 0) is 18.4 Å². The molecule has 0 bridgehead atoms. The fourth-order valence-electron chi connectivity index (χ4n) is 3.77. The number of carbonyl (C=O) groups excluding carboxylic acids is 2. The van der Waals surface area contributed by atoms with E-state index in [2.05, 4.69) is 4.74 Å². The van der Waals surface area contributed by atoms with Crippen LogP contribution in [0, 0.1) is 0 Å². The van der Waals surface area contributed by atoms with E-state index in [0.29, 0.717) is 29.5 Å². The molecule has 0 aromatic heterocycles. The first-order valence-corrected chi connectivity index (χ1v) is 11.5. The summed E-state index contributed by atoms with van der Waals surface area (Å²) in [7, 11) is 3.25.